The number of amides is 2. The predicted molar refractivity (Wildman–Crippen MR) is 177 cm³/mol. The molecule has 4 atom stereocenters. The van der Waals surface area contributed by atoms with Gasteiger partial charge in [0.1, 0.15) is 0 Å². The Kier molecular flexibility index (Phi) is 10.8. The van der Waals surface area contributed by atoms with Crippen molar-refractivity contribution in [3.05, 3.63) is 68.3 Å². The molecule has 44 heavy (non-hydrogen) atoms. The van der Waals surface area contributed by atoms with E-state index in [4.69, 9.17) is 9.47 Å². The predicted octanol–water partition coefficient (Wildman–Crippen LogP) is 5.58. The van der Waals surface area contributed by atoms with Crippen molar-refractivity contribution in [1.29, 1.82) is 0 Å². The van der Waals surface area contributed by atoms with E-state index < -0.39 is 23.9 Å². The van der Waals surface area contributed by atoms with Gasteiger partial charge in [0, 0.05) is 19.1 Å². The van der Waals surface area contributed by atoms with Gasteiger partial charge < -0.3 is 24.8 Å². The van der Waals surface area contributed by atoms with E-state index in [1.165, 1.54) is 12.0 Å². The molecule has 3 aliphatic rings. The number of imide groups is 1. The van der Waals surface area contributed by atoms with Gasteiger partial charge in [-0.3, -0.25) is 14.5 Å². The van der Waals surface area contributed by atoms with Crippen molar-refractivity contribution in [2.75, 3.05) is 27.4 Å². The Hall–Kier alpha value is -2.73. The highest BCUT2D eigenvalue weighted by atomic mass is 127. The number of carbonyl (C=O) groups excluding carboxylic acids is 2. The number of aliphatic hydroxyl groups excluding tert-OH is 2. The van der Waals surface area contributed by atoms with Crippen molar-refractivity contribution in [3.8, 4) is 11.5 Å². The monoisotopic (exact) mass is 715 g/mol. The molecule has 0 radical (unpaired) electrons. The third kappa shape index (κ3) is 6.61. The summed E-state index contributed by atoms with van der Waals surface area (Å²) in [5.41, 5.74) is 4.26. The highest BCUT2D eigenvalue weighted by Gasteiger charge is 2.56. The molecule has 3 N–H and O–H groups in total. The van der Waals surface area contributed by atoms with E-state index in [2.05, 4.69) is 22.6 Å². The van der Waals surface area contributed by atoms with E-state index in [0.29, 0.717) is 34.2 Å². The molecule has 5 rings (SSSR count). The molecular weight excluding hydrogens is 673 g/mol. The van der Waals surface area contributed by atoms with Gasteiger partial charge in [-0.2, -0.15) is 0 Å². The molecule has 8 nitrogen and oxygen atoms in total. The lowest BCUT2D eigenvalue weighted by Crippen LogP contribution is -2.42. The lowest BCUT2D eigenvalue weighted by Gasteiger charge is -2.36. The van der Waals surface area contributed by atoms with Crippen molar-refractivity contribution in [3.63, 3.8) is 0 Å². The number of methoxy groups -OCH3 is 2. The van der Waals surface area contributed by atoms with Crippen molar-refractivity contribution in [1.82, 2.24) is 4.90 Å². The largest absolute Gasteiger partial charge is 0.504 e. The van der Waals surface area contributed by atoms with Crippen LogP contribution in [0.15, 0.2) is 53.6 Å². The molecule has 236 valence electrons. The molecule has 2 amide bonds. The fourth-order valence-electron chi connectivity index (χ4n) is 7.42. The van der Waals surface area contributed by atoms with Crippen molar-refractivity contribution in [2.45, 2.75) is 63.5 Å². The fraction of sp³-hybridized carbons (Fsp3) is 0.486. The van der Waals surface area contributed by atoms with Crippen LogP contribution in [0.3, 0.4) is 0 Å². The van der Waals surface area contributed by atoms with Crippen molar-refractivity contribution in [2.24, 2.45) is 17.8 Å². The van der Waals surface area contributed by atoms with Crippen LogP contribution in [0.2, 0.25) is 0 Å². The standard InChI is InChI=1S/C35H42INO7/c1-43-20-24-18-26-32(35(42)37(34(26)41)25-11-7-4-8-12-25)27(19-38)31(24)29(39)14-13-23(22-9-5-3-6-10-22)15-21-16-28(36)33(40)30(17-21)44-2/h3,5-6,9-10,15-17,25-27,29,32,38-40H,4,7-8,11-14,18-20H2,1-2H3/b23-15-/t26-,27+,29-,32-/m1/s1. The zero-order chi connectivity index (χ0) is 31.4. The molecule has 0 bridgehead atoms. The Morgan fingerprint density at radius 3 is 2.48 bits per heavy atom. The molecule has 2 aromatic rings. The third-order valence-electron chi connectivity index (χ3n) is 9.48. The quantitative estimate of drug-likeness (QED) is 0.121. The summed E-state index contributed by atoms with van der Waals surface area (Å²) >= 11 is 2.07. The van der Waals surface area contributed by atoms with Crippen LogP contribution in [-0.4, -0.2) is 71.6 Å². The number of fused-ring (bicyclic) bond motifs is 1. The lowest BCUT2D eigenvalue weighted by atomic mass is 9.68. The molecule has 2 fully saturated rings. The summed E-state index contributed by atoms with van der Waals surface area (Å²) < 4.78 is 11.5. The number of hydrogen-bond acceptors (Lipinski definition) is 7. The van der Waals surface area contributed by atoms with Crippen LogP contribution in [0.5, 0.6) is 11.5 Å². The first-order valence-corrected chi connectivity index (χ1v) is 16.6. The zero-order valence-electron chi connectivity index (χ0n) is 25.4. The summed E-state index contributed by atoms with van der Waals surface area (Å²) in [5, 5.41) is 32.8. The van der Waals surface area contributed by atoms with E-state index in [-0.39, 0.29) is 36.8 Å². The van der Waals surface area contributed by atoms with Crippen LogP contribution in [0, 0.1) is 21.3 Å². The lowest BCUT2D eigenvalue weighted by molar-refractivity contribution is -0.143. The molecule has 0 spiro atoms. The Morgan fingerprint density at radius 1 is 1.09 bits per heavy atom. The number of phenols is 1. The number of rotatable bonds is 11. The van der Waals surface area contributed by atoms with Gasteiger partial charge in [0.15, 0.2) is 11.5 Å². The number of aromatic hydroxyl groups is 1. The number of allylic oxidation sites excluding steroid dienone is 1. The van der Waals surface area contributed by atoms with Crippen LogP contribution in [0.25, 0.3) is 11.6 Å². The molecule has 0 aromatic heterocycles. The van der Waals surface area contributed by atoms with Crippen molar-refractivity contribution >= 4 is 46.1 Å². The summed E-state index contributed by atoms with van der Waals surface area (Å²) in [7, 11) is 3.10. The second kappa shape index (κ2) is 14.6. The maximum atomic E-state index is 13.8. The molecule has 1 aliphatic heterocycles. The summed E-state index contributed by atoms with van der Waals surface area (Å²) in [6.45, 7) is -0.102. The van der Waals surface area contributed by atoms with Crippen LogP contribution in [0.4, 0.5) is 0 Å². The van der Waals surface area contributed by atoms with Gasteiger partial charge in [-0.15, -0.1) is 0 Å². The molecular formula is C35H42INO7. The summed E-state index contributed by atoms with van der Waals surface area (Å²) in [6.07, 6.45) is 7.07. The molecule has 1 saturated carbocycles. The summed E-state index contributed by atoms with van der Waals surface area (Å²) in [6, 6.07) is 13.5. The average Bonchev–Trinajstić information content (AvgIpc) is 3.29. The molecule has 9 heteroatoms. The van der Waals surface area contributed by atoms with Crippen LogP contribution in [-0.2, 0) is 14.3 Å². The smallest absolute Gasteiger partial charge is 0.234 e. The Morgan fingerprint density at radius 2 is 1.82 bits per heavy atom. The first-order chi connectivity index (χ1) is 21.3. The number of phenolic OH excluding ortho intramolecular Hbond substituents is 1. The normalized spacial score (nSPS) is 23.7. The van der Waals surface area contributed by atoms with Gasteiger partial charge in [0.2, 0.25) is 11.8 Å². The minimum atomic E-state index is -0.938. The van der Waals surface area contributed by atoms with Crippen LogP contribution >= 0.6 is 22.6 Å². The molecule has 1 heterocycles. The SMILES string of the molecule is COCC1=C([C@H](O)CC/C(=C/c2cc(I)c(O)c(OC)c2)c2ccccc2)[C@H](CO)[C@@H]2C(=O)N(C3CCCCC3)C(=O)[C@@H]2C1. The first kappa shape index (κ1) is 32.7. The number of nitrogens with zero attached hydrogens (tertiary/aromatic N) is 1. The number of likely N-dealkylation sites (tertiary alicyclic amines) is 1. The topological polar surface area (TPSA) is 117 Å². The Bertz CT molecular complexity index is 1420. The molecule has 2 aromatic carbocycles. The highest BCUT2D eigenvalue weighted by molar-refractivity contribution is 14.1. The Labute approximate surface area is 272 Å². The van der Waals surface area contributed by atoms with Gasteiger partial charge >= 0.3 is 0 Å². The van der Waals surface area contributed by atoms with E-state index >= 15 is 0 Å². The maximum Gasteiger partial charge on any atom is 0.234 e. The van der Waals surface area contributed by atoms with Gasteiger partial charge in [-0.25, -0.2) is 0 Å². The van der Waals surface area contributed by atoms with Crippen LogP contribution < -0.4 is 4.74 Å². The van der Waals surface area contributed by atoms with Crippen LogP contribution in [0.1, 0.15) is 62.5 Å². The van der Waals surface area contributed by atoms with Gasteiger partial charge in [-0.1, -0.05) is 55.7 Å². The first-order valence-electron chi connectivity index (χ1n) is 15.5. The summed E-state index contributed by atoms with van der Waals surface area (Å²) in [5.74, 6) is -1.72. The number of benzene rings is 2. The second-order valence-electron chi connectivity index (χ2n) is 12.1. The minimum absolute atomic E-state index is 0.0758. The molecule has 1 saturated heterocycles. The minimum Gasteiger partial charge on any atom is -0.504 e. The van der Waals surface area contributed by atoms with E-state index in [9.17, 15) is 24.9 Å². The molecule has 2 aliphatic carbocycles. The summed E-state index contributed by atoms with van der Waals surface area (Å²) in [4.78, 5) is 29.0. The zero-order valence-corrected chi connectivity index (χ0v) is 27.5. The number of hydrogen-bond donors (Lipinski definition) is 3. The number of halogens is 1. The van der Waals surface area contributed by atoms with E-state index in [1.807, 2.05) is 42.5 Å². The second-order valence-corrected chi connectivity index (χ2v) is 13.3. The maximum absolute atomic E-state index is 13.8. The average molecular weight is 716 g/mol. The number of aliphatic hydroxyl groups is 2. The van der Waals surface area contributed by atoms with E-state index in [0.717, 1.165) is 54.4 Å². The van der Waals surface area contributed by atoms with E-state index in [1.54, 1.807) is 13.2 Å². The highest BCUT2D eigenvalue weighted by Crippen LogP contribution is 2.48. The van der Waals surface area contributed by atoms with Gasteiger partial charge in [0.05, 0.1) is 41.8 Å². The fourth-order valence-corrected chi connectivity index (χ4v) is 8.05. The van der Waals surface area contributed by atoms with Gasteiger partial charge in [-0.05, 0) is 94.7 Å². The van der Waals surface area contributed by atoms with Gasteiger partial charge in [0.25, 0.3) is 0 Å². The molecule has 0 unspecified atom stereocenters. The Balaban J connectivity index is 1.44. The number of ether oxygens (including phenoxy) is 2. The van der Waals surface area contributed by atoms with Crippen molar-refractivity contribution < 1.29 is 34.4 Å². The third-order valence-corrected chi connectivity index (χ3v) is 10.3. The number of carbonyl (C=O) groups is 2.